The van der Waals surface area contributed by atoms with Crippen LogP contribution in [0.15, 0.2) is 53.8 Å². The van der Waals surface area contributed by atoms with Gasteiger partial charge in [0.2, 0.25) is 0 Å². The summed E-state index contributed by atoms with van der Waals surface area (Å²) in [6.07, 6.45) is 6.18. The molecule has 0 amide bonds. The number of carbonyl (C=O) groups excluding carboxylic acids is 1. The van der Waals surface area contributed by atoms with Crippen LogP contribution in [0.5, 0.6) is 11.5 Å². The van der Waals surface area contributed by atoms with Gasteiger partial charge in [-0.15, -0.1) is 0 Å². The highest BCUT2D eigenvalue weighted by Crippen LogP contribution is 2.44. The molecule has 1 aliphatic heterocycles. The molecule has 1 aliphatic rings. The molecule has 0 aromatic heterocycles. The fourth-order valence-electron chi connectivity index (χ4n) is 2.38. The summed E-state index contributed by atoms with van der Waals surface area (Å²) in [5, 5.41) is 18.9. The molecule has 2 rings (SSSR count). The van der Waals surface area contributed by atoms with E-state index >= 15 is 0 Å². The van der Waals surface area contributed by atoms with Crippen molar-refractivity contribution in [3.63, 3.8) is 0 Å². The Labute approximate surface area is 128 Å². The highest BCUT2D eigenvalue weighted by atomic mass is 16.6. The number of benzene rings is 1. The summed E-state index contributed by atoms with van der Waals surface area (Å²) in [6, 6.07) is 4.60. The van der Waals surface area contributed by atoms with E-state index in [1.54, 1.807) is 32.1 Å². The summed E-state index contributed by atoms with van der Waals surface area (Å²) in [5.41, 5.74) is 0.150. The number of aromatic hydroxyl groups is 1. The fraction of sp³-hybridized carbons (Fsp3) is 0.235. The number of rotatable bonds is 4. The predicted octanol–water partition coefficient (Wildman–Crippen LogP) is 3.12. The van der Waals surface area contributed by atoms with Gasteiger partial charge in [0.1, 0.15) is 11.5 Å². The second kappa shape index (κ2) is 5.97. The molecule has 1 heterocycles. The Bertz CT molecular complexity index is 680. The third-order valence-corrected chi connectivity index (χ3v) is 3.44. The summed E-state index contributed by atoms with van der Waals surface area (Å²) < 4.78 is 10.8. The molecule has 2 N–H and O–H groups in total. The van der Waals surface area contributed by atoms with Crippen LogP contribution in [-0.2, 0) is 15.1 Å². The molecule has 22 heavy (non-hydrogen) atoms. The van der Waals surface area contributed by atoms with E-state index < -0.39 is 11.6 Å². The Morgan fingerprint density at radius 2 is 2.14 bits per heavy atom. The number of carbonyl (C=O) groups is 1. The average molecular weight is 302 g/mol. The van der Waals surface area contributed by atoms with E-state index in [0.29, 0.717) is 16.9 Å². The third kappa shape index (κ3) is 2.83. The first-order valence-corrected chi connectivity index (χ1v) is 6.73. The number of hydrogen-bond acceptors (Lipinski definition) is 5. The highest BCUT2D eigenvalue weighted by molar-refractivity contribution is 5.87. The summed E-state index contributed by atoms with van der Waals surface area (Å²) in [7, 11) is 1.48. The number of hydrogen-bond donors (Lipinski definition) is 2. The minimum Gasteiger partial charge on any atom is -0.513 e. The summed E-state index contributed by atoms with van der Waals surface area (Å²) in [6.45, 7) is 3.32. The SMILES string of the molecule is COc1cc(O)ccc1C1(/C=C/C=C(\C)O)OC(=O)C=C1C. The molecule has 0 saturated carbocycles. The van der Waals surface area contributed by atoms with Gasteiger partial charge < -0.3 is 19.7 Å². The molecular formula is C17H18O5. The van der Waals surface area contributed by atoms with Crippen LogP contribution in [0.3, 0.4) is 0 Å². The van der Waals surface area contributed by atoms with Crippen LogP contribution in [-0.4, -0.2) is 23.3 Å². The van der Waals surface area contributed by atoms with Crippen LogP contribution >= 0.6 is 0 Å². The fourth-order valence-corrected chi connectivity index (χ4v) is 2.38. The Kier molecular flexibility index (Phi) is 4.26. The quantitative estimate of drug-likeness (QED) is 0.508. The molecular weight excluding hydrogens is 284 g/mol. The number of esters is 1. The number of phenols is 1. The lowest BCUT2D eigenvalue weighted by atomic mass is 9.86. The molecule has 5 nitrogen and oxygen atoms in total. The number of methoxy groups -OCH3 is 1. The van der Waals surface area contributed by atoms with Gasteiger partial charge in [0.15, 0.2) is 5.60 Å². The van der Waals surface area contributed by atoms with Gasteiger partial charge >= 0.3 is 5.97 Å². The van der Waals surface area contributed by atoms with Gasteiger partial charge in [0.25, 0.3) is 0 Å². The number of aliphatic hydroxyl groups excluding tert-OH is 1. The second-order valence-corrected chi connectivity index (χ2v) is 5.04. The Morgan fingerprint density at radius 3 is 2.68 bits per heavy atom. The molecule has 1 unspecified atom stereocenters. The van der Waals surface area contributed by atoms with E-state index in [2.05, 4.69) is 0 Å². The molecule has 1 atom stereocenters. The summed E-state index contributed by atoms with van der Waals surface area (Å²) >= 11 is 0. The van der Waals surface area contributed by atoms with Crippen molar-refractivity contribution in [2.45, 2.75) is 19.4 Å². The standard InChI is InChI=1S/C17H18O5/c1-11-9-16(20)22-17(11,8-4-5-12(2)18)14-7-6-13(19)10-15(14)21-3/h4-10,18-19H,1-3H3/b8-4+,12-5+. The van der Waals surface area contributed by atoms with Crippen LogP contribution < -0.4 is 4.74 Å². The van der Waals surface area contributed by atoms with E-state index in [0.717, 1.165) is 0 Å². The molecule has 0 radical (unpaired) electrons. The number of allylic oxidation sites excluding steroid dienone is 3. The van der Waals surface area contributed by atoms with E-state index in [1.165, 1.54) is 31.4 Å². The maximum atomic E-state index is 11.7. The highest BCUT2D eigenvalue weighted by Gasteiger charge is 2.42. The van der Waals surface area contributed by atoms with Crippen LogP contribution in [0.25, 0.3) is 0 Å². The zero-order valence-electron chi connectivity index (χ0n) is 12.7. The number of cyclic esters (lactones) is 1. The molecule has 0 aliphatic carbocycles. The van der Waals surface area contributed by atoms with Crippen molar-refractivity contribution in [2.75, 3.05) is 7.11 Å². The van der Waals surface area contributed by atoms with Crippen molar-refractivity contribution in [2.24, 2.45) is 0 Å². The van der Waals surface area contributed by atoms with Crippen molar-refractivity contribution in [3.05, 3.63) is 59.4 Å². The lowest BCUT2D eigenvalue weighted by Gasteiger charge is -2.28. The van der Waals surface area contributed by atoms with Crippen molar-refractivity contribution >= 4 is 5.97 Å². The molecule has 116 valence electrons. The van der Waals surface area contributed by atoms with Crippen molar-refractivity contribution < 1.29 is 24.5 Å². The molecule has 1 aromatic rings. The topological polar surface area (TPSA) is 76.0 Å². The number of phenolic OH excluding ortho intramolecular Hbond substituents is 1. The van der Waals surface area contributed by atoms with Crippen molar-refractivity contribution in [3.8, 4) is 11.5 Å². The van der Waals surface area contributed by atoms with Crippen molar-refractivity contribution in [1.29, 1.82) is 0 Å². The van der Waals surface area contributed by atoms with E-state index in [1.807, 2.05) is 0 Å². The molecule has 1 aromatic carbocycles. The summed E-state index contributed by atoms with van der Waals surface area (Å²) in [5.74, 6) is 0.130. The van der Waals surface area contributed by atoms with Gasteiger partial charge in [0.05, 0.1) is 12.9 Å². The first kappa shape index (κ1) is 15.7. The van der Waals surface area contributed by atoms with Gasteiger partial charge in [-0.05, 0) is 43.7 Å². The summed E-state index contributed by atoms with van der Waals surface area (Å²) in [4.78, 5) is 11.7. The number of aliphatic hydroxyl groups is 1. The van der Waals surface area contributed by atoms with Gasteiger partial charge in [-0.2, -0.15) is 0 Å². The average Bonchev–Trinajstić information content (AvgIpc) is 2.73. The Hall–Kier alpha value is -2.69. The monoisotopic (exact) mass is 302 g/mol. The zero-order chi connectivity index (χ0) is 16.3. The molecule has 0 spiro atoms. The lowest BCUT2D eigenvalue weighted by molar-refractivity contribution is -0.143. The van der Waals surface area contributed by atoms with E-state index in [9.17, 15) is 15.0 Å². The van der Waals surface area contributed by atoms with Crippen molar-refractivity contribution in [1.82, 2.24) is 0 Å². The van der Waals surface area contributed by atoms with Gasteiger partial charge in [-0.3, -0.25) is 0 Å². The molecule has 0 fully saturated rings. The normalized spacial score (nSPS) is 21.9. The predicted molar refractivity (Wildman–Crippen MR) is 81.7 cm³/mol. The smallest absolute Gasteiger partial charge is 0.332 e. The van der Waals surface area contributed by atoms with Crippen LogP contribution in [0.4, 0.5) is 0 Å². The maximum absolute atomic E-state index is 11.7. The molecule has 0 bridgehead atoms. The van der Waals surface area contributed by atoms with Gasteiger partial charge in [-0.1, -0.05) is 6.08 Å². The number of ether oxygens (including phenoxy) is 2. The zero-order valence-corrected chi connectivity index (χ0v) is 12.7. The first-order chi connectivity index (χ1) is 10.4. The maximum Gasteiger partial charge on any atom is 0.332 e. The van der Waals surface area contributed by atoms with Crippen LogP contribution in [0, 0.1) is 0 Å². The minimum absolute atomic E-state index is 0.0526. The van der Waals surface area contributed by atoms with Crippen LogP contribution in [0.1, 0.15) is 19.4 Å². The van der Waals surface area contributed by atoms with E-state index in [-0.39, 0.29) is 11.5 Å². The largest absolute Gasteiger partial charge is 0.513 e. The van der Waals surface area contributed by atoms with Crippen LogP contribution in [0.2, 0.25) is 0 Å². The molecule has 0 saturated heterocycles. The van der Waals surface area contributed by atoms with E-state index in [4.69, 9.17) is 9.47 Å². The first-order valence-electron chi connectivity index (χ1n) is 6.73. The minimum atomic E-state index is -1.12. The lowest BCUT2D eigenvalue weighted by Crippen LogP contribution is -2.26. The van der Waals surface area contributed by atoms with Gasteiger partial charge in [-0.25, -0.2) is 4.79 Å². The second-order valence-electron chi connectivity index (χ2n) is 5.04. The third-order valence-electron chi connectivity index (χ3n) is 3.44. The van der Waals surface area contributed by atoms with Gasteiger partial charge in [0, 0.05) is 17.7 Å². The Morgan fingerprint density at radius 1 is 1.41 bits per heavy atom. The Balaban J connectivity index is 2.61. The molecule has 5 heteroatoms.